The van der Waals surface area contributed by atoms with Gasteiger partial charge in [-0.2, -0.15) is 5.10 Å². The van der Waals surface area contributed by atoms with Crippen LogP contribution in [-0.2, 0) is 11.8 Å². The number of carbonyl (C=O) groups is 1. The van der Waals surface area contributed by atoms with Gasteiger partial charge in [0, 0.05) is 44.2 Å². The third kappa shape index (κ3) is 3.77. The molecule has 100 valence electrons. The van der Waals surface area contributed by atoms with Crippen LogP contribution in [0.2, 0.25) is 0 Å². The molecule has 0 aliphatic carbocycles. The molecule has 7 heteroatoms. The summed E-state index contributed by atoms with van der Waals surface area (Å²) in [5, 5.41) is 9.86. The van der Waals surface area contributed by atoms with Crippen molar-refractivity contribution in [2.75, 3.05) is 17.2 Å². The van der Waals surface area contributed by atoms with Gasteiger partial charge in [-0.1, -0.05) is 0 Å². The number of hydrogen-bond donors (Lipinski definition) is 2. The van der Waals surface area contributed by atoms with Gasteiger partial charge >= 0.3 is 0 Å². The zero-order valence-electron chi connectivity index (χ0n) is 10.9. The van der Waals surface area contributed by atoms with E-state index in [2.05, 4.69) is 25.7 Å². The van der Waals surface area contributed by atoms with E-state index in [1.54, 1.807) is 23.1 Å². The minimum absolute atomic E-state index is 0.0958. The SMILES string of the molecule is Cc1cc(NC(=O)CCNc2ncccn2)nn1C. The highest BCUT2D eigenvalue weighted by molar-refractivity contribution is 5.90. The Kier molecular flexibility index (Phi) is 4.07. The first-order valence-electron chi connectivity index (χ1n) is 5.96. The largest absolute Gasteiger partial charge is 0.354 e. The minimum atomic E-state index is -0.0958. The van der Waals surface area contributed by atoms with Crippen molar-refractivity contribution in [3.63, 3.8) is 0 Å². The van der Waals surface area contributed by atoms with E-state index in [0.29, 0.717) is 24.7 Å². The highest BCUT2D eigenvalue weighted by atomic mass is 16.1. The van der Waals surface area contributed by atoms with Crippen molar-refractivity contribution in [1.29, 1.82) is 0 Å². The van der Waals surface area contributed by atoms with E-state index in [4.69, 9.17) is 0 Å². The number of nitrogens with one attached hydrogen (secondary N) is 2. The van der Waals surface area contributed by atoms with Gasteiger partial charge in [0.25, 0.3) is 0 Å². The van der Waals surface area contributed by atoms with Crippen molar-refractivity contribution in [2.45, 2.75) is 13.3 Å². The monoisotopic (exact) mass is 260 g/mol. The lowest BCUT2D eigenvalue weighted by Gasteiger charge is -2.04. The molecule has 0 spiro atoms. The number of rotatable bonds is 5. The van der Waals surface area contributed by atoms with Gasteiger partial charge in [0.1, 0.15) is 0 Å². The van der Waals surface area contributed by atoms with Gasteiger partial charge in [0.2, 0.25) is 11.9 Å². The number of carbonyl (C=O) groups excluding carboxylic acids is 1. The van der Waals surface area contributed by atoms with E-state index in [9.17, 15) is 4.79 Å². The summed E-state index contributed by atoms with van der Waals surface area (Å²) in [6, 6.07) is 3.56. The second-order valence-electron chi connectivity index (χ2n) is 4.09. The molecule has 0 unspecified atom stereocenters. The molecular formula is C12H16N6O. The molecule has 2 aromatic rings. The molecule has 0 aliphatic rings. The maximum atomic E-state index is 11.7. The molecular weight excluding hydrogens is 244 g/mol. The maximum absolute atomic E-state index is 11.7. The summed E-state index contributed by atoms with van der Waals surface area (Å²) in [4.78, 5) is 19.7. The third-order valence-corrected chi connectivity index (χ3v) is 2.58. The topological polar surface area (TPSA) is 84.7 Å². The van der Waals surface area contributed by atoms with Crippen LogP contribution in [0.4, 0.5) is 11.8 Å². The van der Waals surface area contributed by atoms with Gasteiger partial charge in [-0.05, 0) is 13.0 Å². The zero-order valence-corrected chi connectivity index (χ0v) is 10.9. The molecule has 0 radical (unpaired) electrons. The van der Waals surface area contributed by atoms with E-state index in [-0.39, 0.29) is 5.91 Å². The number of hydrogen-bond acceptors (Lipinski definition) is 5. The van der Waals surface area contributed by atoms with Crippen LogP contribution in [-0.4, -0.2) is 32.2 Å². The fourth-order valence-corrected chi connectivity index (χ4v) is 1.51. The highest BCUT2D eigenvalue weighted by Crippen LogP contribution is 2.07. The number of aromatic nitrogens is 4. The van der Waals surface area contributed by atoms with Crippen molar-refractivity contribution >= 4 is 17.7 Å². The smallest absolute Gasteiger partial charge is 0.227 e. The lowest BCUT2D eigenvalue weighted by atomic mass is 10.4. The predicted octanol–water partition coefficient (Wildman–Crippen LogP) is 0.959. The van der Waals surface area contributed by atoms with Gasteiger partial charge in [0.15, 0.2) is 5.82 Å². The van der Waals surface area contributed by atoms with Crippen LogP contribution in [0, 0.1) is 6.92 Å². The minimum Gasteiger partial charge on any atom is -0.354 e. The normalized spacial score (nSPS) is 10.2. The lowest BCUT2D eigenvalue weighted by molar-refractivity contribution is -0.116. The molecule has 0 aliphatic heterocycles. The molecule has 0 bridgehead atoms. The molecule has 2 aromatic heterocycles. The molecule has 19 heavy (non-hydrogen) atoms. The Morgan fingerprint density at radius 3 is 2.74 bits per heavy atom. The molecule has 0 atom stereocenters. The summed E-state index contributed by atoms with van der Waals surface area (Å²) in [5.41, 5.74) is 0.992. The van der Waals surface area contributed by atoms with Crippen molar-refractivity contribution < 1.29 is 4.79 Å². The Morgan fingerprint density at radius 1 is 1.37 bits per heavy atom. The summed E-state index contributed by atoms with van der Waals surface area (Å²) in [7, 11) is 1.83. The maximum Gasteiger partial charge on any atom is 0.227 e. The first-order chi connectivity index (χ1) is 9.15. The van der Waals surface area contributed by atoms with Gasteiger partial charge < -0.3 is 10.6 Å². The Morgan fingerprint density at radius 2 is 2.11 bits per heavy atom. The van der Waals surface area contributed by atoms with Crippen LogP contribution < -0.4 is 10.6 Å². The molecule has 2 heterocycles. The molecule has 2 rings (SSSR count). The Hall–Kier alpha value is -2.44. The van der Waals surface area contributed by atoms with Crippen molar-refractivity contribution in [3.8, 4) is 0 Å². The van der Waals surface area contributed by atoms with Crippen molar-refractivity contribution in [3.05, 3.63) is 30.2 Å². The van der Waals surface area contributed by atoms with Gasteiger partial charge in [-0.3, -0.25) is 9.48 Å². The van der Waals surface area contributed by atoms with Gasteiger partial charge in [-0.25, -0.2) is 9.97 Å². The molecule has 1 amide bonds. The second kappa shape index (κ2) is 5.94. The standard InChI is InChI=1S/C12H16N6O/c1-9-8-10(17-18(9)2)16-11(19)4-7-15-12-13-5-3-6-14-12/h3,5-6,8H,4,7H2,1-2H3,(H,13,14,15)(H,16,17,19). The number of aryl methyl sites for hydroxylation is 2. The summed E-state index contributed by atoms with van der Waals surface area (Å²) < 4.78 is 1.71. The van der Waals surface area contributed by atoms with E-state index in [0.717, 1.165) is 5.69 Å². The van der Waals surface area contributed by atoms with Crippen LogP contribution in [0.3, 0.4) is 0 Å². The summed E-state index contributed by atoms with van der Waals surface area (Å²) in [5.74, 6) is 0.992. The summed E-state index contributed by atoms with van der Waals surface area (Å²) in [6.45, 7) is 2.40. The Labute approximate surface area is 111 Å². The fourth-order valence-electron chi connectivity index (χ4n) is 1.51. The Bertz CT molecular complexity index is 531. The van der Waals surface area contributed by atoms with E-state index in [1.165, 1.54) is 0 Å². The average Bonchev–Trinajstić information content (AvgIpc) is 2.69. The highest BCUT2D eigenvalue weighted by Gasteiger charge is 2.06. The molecule has 0 saturated heterocycles. The van der Waals surface area contributed by atoms with Crippen molar-refractivity contribution in [2.24, 2.45) is 7.05 Å². The molecule has 0 fully saturated rings. The van der Waals surface area contributed by atoms with E-state index < -0.39 is 0 Å². The van der Waals surface area contributed by atoms with Crippen LogP contribution in [0.25, 0.3) is 0 Å². The zero-order chi connectivity index (χ0) is 13.7. The fraction of sp³-hybridized carbons (Fsp3) is 0.333. The van der Waals surface area contributed by atoms with Gasteiger partial charge in [0.05, 0.1) is 0 Å². The Balaban J connectivity index is 1.76. The average molecular weight is 260 g/mol. The number of amides is 1. The van der Waals surface area contributed by atoms with E-state index in [1.807, 2.05) is 20.0 Å². The quantitative estimate of drug-likeness (QED) is 0.836. The molecule has 0 saturated carbocycles. The second-order valence-corrected chi connectivity index (χ2v) is 4.09. The summed E-state index contributed by atoms with van der Waals surface area (Å²) >= 11 is 0. The van der Waals surface area contributed by atoms with E-state index >= 15 is 0 Å². The lowest BCUT2D eigenvalue weighted by Crippen LogP contribution is -2.17. The van der Waals surface area contributed by atoms with Gasteiger partial charge in [-0.15, -0.1) is 0 Å². The van der Waals surface area contributed by atoms with Crippen LogP contribution in [0.1, 0.15) is 12.1 Å². The summed E-state index contributed by atoms with van der Waals surface area (Å²) in [6.07, 6.45) is 3.62. The number of anilines is 2. The van der Waals surface area contributed by atoms with Crippen molar-refractivity contribution in [1.82, 2.24) is 19.7 Å². The molecule has 0 aromatic carbocycles. The molecule has 7 nitrogen and oxygen atoms in total. The van der Waals surface area contributed by atoms with Crippen LogP contribution in [0.5, 0.6) is 0 Å². The predicted molar refractivity (Wildman–Crippen MR) is 71.7 cm³/mol. The first-order valence-corrected chi connectivity index (χ1v) is 5.96. The van der Waals surface area contributed by atoms with Crippen LogP contribution in [0.15, 0.2) is 24.5 Å². The first kappa shape index (κ1) is 13.0. The third-order valence-electron chi connectivity index (χ3n) is 2.58. The van der Waals surface area contributed by atoms with Crippen LogP contribution >= 0.6 is 0 Å². The number of nitrogens with zero attached hydrogens (tertiary/aromatic N) is 4. The molecule has 2 N–H and O–H groups in total.